The minimum atomic E-state index is -1.19. The summed E-state index contributed by atoms with van der Waals surface area (Å²) in [5, 5.41) is 0. The van der Waals surface area contributed by atoms with E-state index in [0.29, 0.717) is 0 Å². The van der Waals surface area contributed by atoms with Gasteiger partial charge in [0, 0.05) is 0 Å². The van der Waals surface area contributed by atoms with Gasteiger partial charge in [0.1, 0.15) is 0 Å². The van der Waals surface area contributed by atoms with Crippen LogP contribution >= 0.6 is 0 Å². The van der Waals surface area contributed by atoms with Crippen molar-refractivity contribution >= 4 is 24.2 Å². The maximum absolute atomic E-state index is 11.8. The highest BCUT2D eigenvalue weighted by molar-refractivity contribution is 6.06. The maximum Gasteiger partial charge on any atom is 0.516 e. The van der Waals surface area contributed by atoms with Gasteiger partial charge in [-0.25, -0.2) is 19.2 Å². The lowest BCUT2D eigenvalue weighted by Crippen LogP contribution is -2.19. The Morgan fingerprint density at radius 2 is 1.14 bits per heavy atom. The summed E-state index contributed by atoms with van der Waals surface area (Å²) in [7, 11) is 0. The van der Waals surface area contributed by atoms with Crippen molar-refractivity contribution in [2.75, 3.05) is 13.2 Å². The zero-order valence-electron chi connectivity index (χ0n) is 12.0. The number of benzene rings is 1. The number of carbonyl (C=O) groups excluding carboxylic acids is 4. The molecule has 1 rings (SSSR count). The van der Waals surface area contributed by atoms with Crippen LogP contribution in [0, 0.1) is 0 Å². The fraction of sp³-hybridized carbons (Fsp3) is 0.286. The van der Waals surface area contributed by atoms with Crippen molar-refractivity contribution < 1.29 is 38.1 Å². The minimum Gasteiger partial charge on any atom is -0.434 e. The zero-order chi connectivity index (χ0) is 16.5. The summed E-state index contributed by atoms with van der Waals surface area (Å²) in [6.07, 6.45) is -2.39. The van der Waals surface area contributed by atoms with Crippen molar-refractivity contribution in [3.8, 4) is 0 Å². The number of rotatable bonds is 4. The molecule has 0 bridgehead atoms. The van der Waals surface area contributed by atoms with E-state index in [4.69, 9.17) is 0 Å². The molecule has 8 heteroatoms. The largest absolute Gasteiger partial charge is 0.516 e. The van der Waals surface area contributed by atoms with E-state index >= 15 is 0 Å². The number of ether oxygens (including phenoxy) is 4. The zero-order valence-corrected chi connectivity index (χ0v) is 12.0. The fourth-order valence-corrected chi connectivity index (χ4v) is 1.40. The van der Waals surface area contributed by atoms with Gasteiger partial charge in [0.2, 0.25) is 0 Å². The van der Waals surface area contributed by atoms with Gasteiger partial charge < -0.3 is 18.9 Å². The Morgan fingerprint density at radius 3 is 1.45 bits per heavy atom. The Morgan fingerprint density at radius 1 is 0.773 bits per heavy atom. The summed E-state index contributed by atoms with van der Waals surface area (Å²) >= 11 is 0. The third-order valence-electron chi connectivity index (χ3n) is 2.24. The number of carbonyl (C=O) groups is 4. The quantitative estimate of drug-likeness (QED) is 0.616. The van der Waals surface area contributed by atoms with Gasteiger partial charge in [0.25, 0.3) is 0 Å². The van der Waals surface area contributed by atoms with Crippen molar-refractivity contribution in [1.82, 2.24) is 0 Å². The van der Waals surface area contributed by atoms with Gasteiger partial charge >= 0.3 is 24.2 Å². The van der Waals surface area contributed by atoms with E-state index in [0.717, 1.165) is 0 Å². The molecule has 0 heterocycles. The van der Waals surface area contributed by atoms with Crippen LogP contribution in [-0.2, 0) is 18.9 Å². The van der Waals surface area contributed by atoms with E-state index < -0.39 is 24.2 Å². The first-order chi connectivity index (χ1) is 10.5. The molecule has 0 saturated carbocycles. The van der Waals surface area contributed by atoms with Crippen molar-refractivity contribution in [2.45, 2.75) is 13.8 Å². The highest BCUT2D eigenvalue weighted by atomic mass is 16.7. The van der Waals surface area contributed by atoms with Crippen LogP contribution in [0.25, 0.3) is 0 Å². The molecule has 0 aliphatic heterocycles. The third kappa shape index (κ3) is 4.89. The molecule has 8 nitrogen and oxygen atoms in total. The number of hydrogen-bond donors (Lipinski definition) is 0. The van der Waals surface area contributed by atoms with Crippen LogP contribution in [0.5, 0.6) is 0 Å². The first-order valence-electron chi connectivity index (χ1n) is 6.36. The van der Waals surface area contributed by atoms with Gasteiger partial charge in [0.15, 0.2) is 0 Å². The summed E-state index contributed by atoms with van der Waals surface area (Å²) in [5.74, 6) is -2.20. The van der Waals surface area contributed by atoms with E-state index in [1.807, 2.05) is 0 Å². The average molecular weight is 310 g/mol. The number of esters is 2. The minimum absolute atomic E-state index is 0.0264. The molecule has 0 atom stereocenters. The second kappa shape index (κ2) is 8.40. The maximum atomic E-state index is 11.8. The molecule has 0 aliphatic carbocycles. The Labute approximate surface area is 125 Å². The third-order valence-corrected chi connectivity index (χ3v) is 2.24. The Bertz CT molecular complexity index is 527. The van der Waals surface area contributed by atoms with E-state index in [1.165, 1.54) is 38.1 Å². The van der Waals surface area contributed by atoms with Crippen LogP contribution in [0.15, 0.2) is 24.3 Å². The first kappa shape index (κ1) is 17.2. The van der Waals surface area contributed by atoms with Crippen molar-refractivity contribution in [3.63, 3.8) is 0 Å². The summed E-state index contributed by atoms with van der Waals surface area (Å²) in [6.45, 7) is 3.13. The van der Waals surface area contributed by atoms with E-state index in [1.54, 1.807) is 0 Å². The Hall–Kier alpha value is -2.90. The van der Waals surface area contributed by atoms with E-state index in [2.05, 4.69) is 18.9 Å². The molecule has 118 valence electrons. The first-order valence-corrected chi connectivity index (χ1v) is 6.36. The summed E-state index contributed by atoms with van der Waals surface area (Å²) in [5.41, 5.74) is -0.491. The smallest absolute Gasteiger partial charge is 0.434 e. The molecule has 1 aromatic rings. The van der Waals surface area contributed by atoms with Gasteiger partial charge in [-0.15, -0.1) is 0 Å². The summed E-state index contributed by atoms with van der Waals surface area (Å²) in [4.78, 5) is 45.9. The van der Waals surface area contributed by atoms with Crippen LogP contribution in [0.3, 0.4) is 0 Å². The van der Waals surface area contributed by atoms with Gasteiger partial charge in [-0.2, -0.15) is 0 Å². The topological polar surface area (TPSA) is 105 Å². The van der Waals surface area contributed by atoms with E-state index in [-0.39, 0.29) is 24.3 Å². The van der Waals surface area contributed by atoms with Crippen molar-refractivity contribution in [1.29, 1.82) is 0 Å². The molecule has 0 aromatic heterocycles. The monoisotopic (exact) mass is 310 g/mol. The van der Waals surface area contributed by atoms with Crippen LogP contribution in [0.1, 0.15) is 34.6 Å². The molecule has 0 fully saturated rings. The van der Waals surface area contributed by atoms with Crippen molar-refractivity contribution in [2.24, 2.45) is 0 Å². The number of hydrogen-bond acceptors (Lipinski definition) is 8. The van der Waals surface area contributed by atoms with Gasteiger partial charge in [-0.1, -0.05) is 12.1 Å². The lowest BCUT2D eigenvalue weighted by molar-refractivity contribution is 0.0353. The standard InChI is InChI=1S/C14H14O8/c1-3-19-13(17)21-11(15)9-7-5-6-8-10(9)12(16)22-14(18)20-4-2/h5-8H,3-4H2,1-2H3. The normalized spacial score (nSPS) is 9.55. The predicted molar refractivity (Wildman–Crippen MR) is 71.3 cm³/mol. The molecule has 0 aliphatic rings. The molecular formula is C14H14O8. The average Bonchev–Trinajstić information content (AvgIpc) is 2.47. The van der Waals surface area contributed by atoms with Crippen LogP contribution in [0.2, 0.25) is 0 Å². The summed E-state index contributed by atoms with van der Waals surface area (Å²) in [6, 6.07) is 5.37. The van der Waals surface area contributed by atoms with Gasteiger partial charge in [-0.3, -0.25) is 0 Å². The molecule has 22 heavy (non-hydrogen) atoms. The summed E-state index contributed by atoms with van der Waals surface area (Å²) < 4.78 is 17.7. The highest BCUT2D eigenvalue weighted by Crippen LogP contribution is 2.13. The second-order valence-corrected chi connectivity index (χ2v) is 3.69. The van der Waals surface area contributed by atoms with Crippen molar-refractivity contribution in [3.05, 3.63) is 35.4 Å². The van der Waals surface area contributed by atoms with Crippen LogP contribution in [-0.4, -0.2) is 37.5 Å². The SMILES string of the molecule is CCOC(=O)OC(=O)c1ccccc1C(=O)OC(=O)OCC. The molecule has 1 aromatic carbocycles. The van der Waals surface area contributed by atoms with Crippen LogP contribution < -0.4 is 0 Å². The predicted octanol–water partition coefficient (Wildman–Crippen LogP) is 2.31. The molecule has 0 saturated heterocycles. The molecule has 0 amide bonds. The Kier molecular flexibility index (Phi) is 6.55. The molecule has 0 N–H and O–H groups in total. The lowest BCUT2D eigenvalue weighted by atomic mass is 10.1. The molecule has 0 spiro atoms. The van der Waals surface area contributed by atoms with E-state index in [9.17, 15) is 19.2 Å². The lowest BCUT2D eigenvalue weighted by Gasteiger charge is -2.07. The van der Waals surface area contributed by atoms with Gasteiger partial charge in [-0.05, 0) is 26.0 Å². The molecule has 0 unspecified atom stereocenters. The fourth-order valence-electron chi connectivity index (χ4n) is 1.40. The second-order valence-electron chi connectivity index (χ2n) is 3.69. The molecule has 0 radical (unpaired) electrons. The Balaban J connectivity index is 2.89. The van der Waals surface area contributed by atoms with Crippen LogP contribution in [0.4, 0.5) is 9.59 Å². The highest BCUT2D eigenvalue weighted by Gasteiger charge is 2.23. The van der Waals surface area contributed by atoms with Gasteiger partial charge in [0.05, 0.1) is 24.3 Å². The molecular weight excluding hydrogens is 296 g/mol.